The molecule has 0 atom stereocenters. The Morgan fingerprint density at radius 3 is 2.71 bits per heavy atom. The fourth-order valence-corrected chi connectivity index (χ4v) is 4.25. The van der Waals surface area contributed by atoms with Gasteiger partial charge in [-0.15, -0.1) is 0 Å². The van der Waals surface area contributed by atoms with E-state index in [1.165, 1.54) is 13.0 Å². The molecule has 24 heavy (non-hydrogen) atoms. The van der Waals surface area contributed by atoms with Crippen LogP contribution in [-0.4, -0.2) is 38.6 Å². The first-order valence-corrected chi connectivity index (χ1v) is 9.95. The van der Waals surface area contributed by atoms with Gasteiger partial charge in [0.15, 0.2) is 9.84 Å². The first-order valence-electron chi connectivity index (χ1n) is 8.30. The van der Waals surface area contributed by atoms with Gasteiger partial charge in [0.05, 0.1) is 10.6 Å². The van der Waals surface area contributed by atoms with E-state index in [4.69, 9.17) is 0 Å². The van der Waals surface area contributed by atoms with Gasteiger partial charge < -0.3 is 10.2 Å². The molecule has 1 saturated carbocycles. The molecular weight excluding hydrogens is 328 g/mol. The van der Waals surface area contributed by atoms with Crippen LogP contribution in [-0.2, 0) is 25.8 Å². The Kier molecular flexibility index (Phi) is 4.62. The lowest BCUT2D eigenvalue weighted by molar-refractivity contribution is -0.121. The molecule has 1 aliphatic carbocycles. The van der Waals surface area contributed by atoms with E-state index in [-0.39, 0.29) is 34.9 Å². The second-order valence-corrected chi connectivity index (χ2v) is 8.58. The van der Waals surface area contributed by atoms with Gasteiger partial charge in [-0.05, 0) is 49.4 Å². The molecule has 1 aromatic carbocycles. The van der Waals surface area contributed by atoms with Gasteiger partial charge in [-0.2, -0.15) is 0 Å². The number of nitrogens with zero attached hydrogens (tertiary/aromatic N) is 1. The Hall–Kier alpha value is -1.89. The summed E-state index contributed by atoms with van der Waals surface area (Å²) in [6.07, 6.45) is 3.52. The molecule has 0 bridgehead atoms. The normalized spacial score (nSPS) is 17.3. The van der Waals surface area contributed by atoms with Crippen molar-refractivity contribution in [2.24, 2.45) is 0 Å². The summed E-state index contributed by atoms with van der Waals surface area (Å²) in [7, 11) is -3.51. The maximum Gasteiger partial charge on any atom is 0.223 e. The number of fused-ring (bicyclic) bond motifs is 1. The summed E-state index contributed by atoms with van der Waals surface area (Å²) in [5, 5.41) is 2.80. The molecule has 7 heteroatoms. The highest BCUT2D eigenvalue weighted by Crippen LogP contribution is 2.30. The summed E-state index contributed by atoms with van der Waals surface area (Å²) in [5.74, 6) is -0.439. The molecule has 0 aromatic heterocycles. The molecule has 130 valence electrons. The summed E-state index contributed by atoms with van der Waals surface area (Å²) >= 11 is 0. The standard InChI is InChI=1S/C17H22N2O4S/c1-12(20)19-9-2-3-13-11-15(6-7-16(13)19)24(22,23)10-8-17(21)18-14-4-5-14/h6-7,11,14H,2-5,8-10H2,1H3,(H,18,21). The van der Waals surface area contributed by atoms with Crippen molar-refractivity contribution in [3.63, 3.8) is 0 Å². The Morgan fingerprint density at radius 1 is 1.29 bits per heavy atom. The van der Waals surface area contributed by atoms with Crippen molar-refractivity contribution >= 4 is 27.3 Å². The van der Waals surface area contributed by atoms with Crippen molar-refractivity contribution in [3.8, 4) is 0 Å². The number of aryl methyl sites for hydroxylation is 1. The minimum atomic E-state index is -3.51. The van der Waals surface area contributed by atoms with E-state index in [0.29, 0.717) is 6.54 Å². The van der Waals surface area contributed by atoms with Crippen LogP contribution < -0.4 is 10.2 Å². The fraction of sp³-hybridized carbons (Fsp3) is 0.529. The molecule has 0 spiro atoms. The lowest BCUT2D eigenvalue weighted by Crippen LogP contribution is -2.33. The van der Waals surface area contributed by atoms with Crippen LogP contribution in [0, 0.1) is 0 Å². The van der Waals surface area contributed by atoms with Crippen molar-refractivity contribution < 1.29 is 18.0 Å². The molecule has 1 aromatic rings. The number of nitrogens with one attached hydrogen (secondary N) is 1. The highest BCUT2D eigenvalue weighted by molar-refractivity contribution is 7.91. The summed E-state index contributed by atoms with van der Waals surface area (Å²) < 4.78 is 25.0. The van der Waals surface area contributed by atoms with E-state index in [2.05, 4.69) is 5.32 Å². The minimum absolute atomic E-state index is 0.0184. The van der Waals surface area contributed by atoms with E-state index >= 15 is 0 Å². The highest BCUT2D eigenvalue weighted by atomic mass is 32.2. The fourth-order valence-electron chi connectivity index (χ4n) is 2.97. The van der Waals surface area contributed by atoms with Crippen molar-refractivity contribution in [2.75, 3.05) is 17.2 Å². The maximum atomic E-state index is 12.5. The van der Waals surface area contributed by atoms with Gasteiger partial charge in [-0.3, -0.25) is 9.59 Å². The van der Waals surface area contributed by atoms with Crippen molar-refractivity contribution in [1.29, 1.82) is 0 Å². The van der Waals surface area contributed by atoms with Crippen LogP contribution in [0.4, 0.5) is 5.69 Å². The molecule has 0 radical (unpaired) electrons. The Bertz CT molecular complexity index is 769. The van der Waals surface area contributed by atoms with Gasteiger partial charge in [0.2, 0.25) is 11.8 Å². The van der Waals surface area contributed by atoms with Crippen LogP contribution in [0.25, 0.3) is 0 Å². The number of carbonyl (C=O) groups excluding carboxylic acids is 2. The topological polar surface area (TPSA) is 83.6 Å². The van der Waals surface area contributed by atoms with Gasteiger partial charge in [0.1, 0.15) is 0 Å². The lowest BCUT2D eigenvalue weighted by Gasteiger charge is -2.28. The van der Waals surface area contributed by atoms with E-state index in [0.717, 1.165) is 36.9 Å². The number of hydrogen-bond donors (Lipinski definition) is 1. The summed E-state index contributed by atoms with van der Waals surface area (Å²) in [6, 6.07) is 5.13. The summed E-state index contributed by atoms with van der Waals surface area (Å²) in [4.78, 5) is 25.3. The molecule has 2 aliphatic rings. The largest absolute Gasteiger partial charge is 0.353 e. The molecule has 3 rings (SSSR count). The zero-order valence-electron chi connectivity index (χ0n) is 13.7. The Balaban J connectivity index is 1.73. The smallest absolute Gasteiger partial charge is 0.223 e. The average Bonchev–Trinajstić information content (AvgIpc) is 3.35. The Morgan fingerprint density at radius 2 is 2.04 bits per heavy atom. The van der Waals surface area contributed by atoms with Crippen molar-refractivity contribution in [3.05, 3.63) is 23.8 Å². The molecule has 1 N–H and O–H groups in total. The average molecular weight is 350 g/mol. The highest BCUT2D eigenvalue weighted by Gasteiger charge is 2.26. The van der Waals surface area contributed by atoms with Crippen LogP contribution in [0.5, 0.6) is 0 Å². The third-order valence-electron chi connectivity index (χ3n) is 4.45. The van der Waals surface area contributed by atoms with Gasteiger partial charge in [-0.1, -0.05) is 0 Å². The van der Waals surface area contributed by atoms with E-state index in [9.17, 15) is 18.0 Å². The number of benzene rings is 1. The van der Waals surface area contributed by atoms with Gasteiger partial charge in [-0.25, -0.2) is 8.42 Å². The van der Waals surface area contributed by atoms with Crippen LogP contribution >= 0.6 is 0 Å². The predicted octanol–water partition coefficient (Wildman–Crippen LogP) is 1.43. The zero-order valence-corrected chi connectivity index (χ0v) is 14.6. The second-order valence-electron chi connectivity index (χ2n) is 6.48. The van der Waals surface area contributed by atoms with E-state index in [1.54, 1.807) is 17.0 Å². The molecule has 1 heterocycles. The Labute approximate surface area is 142 Å². The first-order chi connectivity index (χ1) is 11.4. The first kappa shape index (κ1) is 17.0. The number of amides is 2. The second kappa shape index (κ2) is 6.55. The summed E-state index contributed by atoms with van der Waals surface area (Å²) in [5.41, 5.74) is 1.67. The molecule has 0 unspecified atom stereocenters. The SMILES string of the molecule is CC(=O)N1CCCc2cc(S(=O)(=O)CCC(=O)NC3CC3)ccc21. The van der Waals surface area contributed by atoms with E-state index in [1.807, 2.05) is 0 Å². The number of rotatable bonds is 5. The number of carbonyl (C=O) groups is 2. The predicted molar refractivity (Wildman–Crippen MR) is 90.6 cm³/mol. The molecule has 1 aliphatic heterocycles. The van der Waals surface area contributed by atoms with E-state index < -0.39 is 9.84 Å². The third-order valence-corrected chi connectivity index (χ3v) is 6.16. The van der Waals surface area contributed by atoms with Gasteiger partial charge in [0.25, 0.3) is 0 Å². The van der Waals surface area contributed by atoms with Crippen LogP contribution in [0.2, 0.25) is 0 Å². The van der Waals surface area contributed by atoms with Crippen molar-refractivity contribution in [1.82, 2.24) is 5.32 Å². The van der Waals surface area contributed by atoms with Gasteiger partial charge in [0, 0.05) is 31.6 Å². The van der Waals surface area contributed by atoms with Gasteiger partial charge >= 0.3 is 0 Å². The van der Waals surface area contributed by atoms with Crippen LogP contribution in [0.1, 0.15) is 38.2 Å². The van der Waals surface area contributed by atoms with Crippen LogP contribution in [0.3, 0.4) is 0 Å². The maximum absolute atomic E-state index is 12.5. The monoisotopic (exact) mass is 350 g/mol. The molecule has 6 nitrogen and oxygen atoms in total. The van der Waals surface area contributed by atoms with Crippen LogP contribution in [0.15, 0.2) is 23.1 Å². The summed E-state index contributed by atoms with van der Waals surface area (Å²) in [6.45, 7) is 2.17. The number of anilines is 1. The lowest BCUT2D eigenvalue weighted by atomic mass is 10.0. The number of hydrogen-bond acceptors (Lipinski definition) is 4. The zero-order chi connectivity index (χ0) is 17.3. The quantitative estimate of drug-likeness (QED) is 0.871. The van der Waals surface area contributed by atoms with Crippen molar-refractivity contribution in [2.45, 2.75) is 50.0 Å². The minimum Gasteiger partial charge on any atom is -0.353 e. The third kappa shape index (κ3) is 3.77. The molecule has 2 amide bonds. The molecule has 0 saturated heterocycles. The molecular formula is C17H22N2O4S. The number of sulfone groups is 1. The molecule has 1 fully saturated rings.